The van der Waals surface area contributed by atoms with Crippen LogP contribution in [0.1, 0.15) is 43.4 Å². The minimum Gasteiger partial charge on any atom is -0.388 e. The van der Waals surface area contributed by atoms with Crippen LogP contribution in [0.2, 0.25) is 0 Å². The number of hydrogen-bond acceptors (Lipinski definition) is 3. The van der Waals surface area contributed by atoms with Gasteiger partial charge in [-0.3, -0.25) is 4.79 Å². The second-order valence-corrected chi connectivity index (χ2v) is 7.06. The summed E-state index contributed by atoms with van der Waals surface area (Å²) in [6, 6.07) is 20.0. The van der Waals surface area contributed by atoms with E-state index in [9.17, 15) is 9.90 Å². The number of rotatable bonds is 6. The van der Waals surface area contributed by atoms with Gasteiger partial charge in [0.1, 0.15) is 5.78 Å². The van der Waals surface area contributed by atoms with Crippen LogP contribution in [-0.4, -0.2) is 35.4 Å². The van der Waals surface area contributed by atoms with Crippen molar-refractivity contribution in [2.75, 3.05) is 19.6 Å². The zero-order chi connectivity index (χ0) is 17.7. The normalized spacial score (nSPS) is 18.6. The molecule has 0 amide bonds. The van der Waals surface area contributed by atoms with Crippen molar-refractivity contribution in [2.24, 2.45) is 0 Å². The molecule has 0 spiro atoms. The summed E-state index contributed by atoms with van der Waals surface area (Å²) in [4.78, 5) is 14.8. The average Bonchev–Trinajstić information content (AvgIpc) is 2.67. The standard InChI is InChI=1S/C22H27NO2/c1-18(24)22(20-10-6-3-7-11-20)13-16-23(17-14-22)15-12-21(25)19-8-4-2-5-9-19/h2-11,21,25H,12-17H2,1H3/t21-/m1/s1. The molecular formula is C22H27NO2. The molecule has 1 saturated heterocycles. The van der Waals surface area contributed by atoms with Gasteiger partial charge in [0.05, 0.1) is 11.5 Å². The molecule has 1 atom stereocenters. The molecule has 0 radical (unpaired) electrons. The Balaban J connectivity index is 1.58. The van der Waals surface area contributed by atoms with E-state index in [4.69, 9.17) is 0 Å². The predicted molar refractivity (Wildman–Crippen MR) is 100 cm³/mol. The molecule has 3 rings (SSSR count). The van der Waals surface area contributed by atoms with Crippen molar-refractivity contribution in [3.05, 3.63) is 71.8 Å². The van der Waals surface area contributed by atoms with Gasteiger partial charge < -0.3 is 10.0 Å². The average molecular weight is 337 g/mol. The van der Waals surface area contributed by atoms with Gasteiger partial charge in [-0.15, -0.1) is 0 Å². The second kappa shape index (κ2) is 7.94. The summed E-state index contributed by atoms with van der Waals surface area (Å²) < 4.78 is 0. The van der Waals surface area contributed by atoms with E-state index in [0.717, 1.165) is 50.0 Å². The highest BCUT2D eigenvalue weighted by molar-refractivity contribution is 5.88. The highest BCUT2D eigenvalue weighted by Gasteiger charge is 2.40. The van der Waals surface area contributed by atoms with Gasteiger partial charge in [0.15, 0.2) is 0 Å². The number of ketones is 1. The number of carbonyl (C=O) groups excluding carboxylic acids is 1. The van der Waals surface area contributed by atoms with Crippen LogP contribution in [0.15, 0.2) is 60.7 Å². The number of benzene rings is 2. The number of hydrogen-bond donors (Lipinski definition) is 1. The fourth-order valence-corrected chi connectivity index (χ4v) is 3.91. The number of likely N-dealkylation sites (tertiary alicyclic amines) is 1. The Bertz CT molecular complexity index is 676. The van der Waals surface area contributed by atoms with Gasteiger partial charge in [0.2, 0.25) is 0 Å². The largest absolute Gasteiger partial charge is 0.388 e. The lowest BCUT2D eigenvalue weighted by Gasteiger charge is -2.40. The van der Waals surface area contributed by atoms with Gasteiger partial charge in [-0.2, -0.15) is 0 Å². The van der Waals surface area contributed by atoms with Crippen molar-refractivity contribution in [2.45, 2.75) is 37.7 Å². The van der Waals surface area contributed by atoms with Crippen LogP contribution in [0.25, 0.3) is 0 Å². The van der Waals surface area contributed by atoms with Crippen molar-refractivity contribution in [1.82, 2.24) is 4.90 Å². The van der Waals surface area contributed by atoms with Crippen LogP contribution < -0.4 is 0 Å². The minimum absolute atomic E-state index is 0.266. The fourth-order valence-electron chi connectivity index (χ4n) is 3.91. The molecule has 3 heteroatoms. The van der Waals surface area contributed by atoms with Crippen LogP contribution in [-0.2, 0) is 10.2 Å². The fraction of sp³-hybridized carbons (Fsp3) is 0.409. The lowest BCUT2D eigenvalue weighted by Crippen LogP contribution is -2.46. The van der Waals surface area contributed by atoms with Crippen LogP contribution in [0.5, 0.6) is 0 Å². The van der Waals surface area contributed by atoms with Gasteiger partial charge in [-0.25, -0.2) is 0 Å². The Labute approximate surface area is 150 Å². The molecule has 1 N–H and O–H groups in total. The minimum atomic E-state index is -0.421. The molecule has 0 aliphatic carbocycles. The van der Waals surface area contributed by atoms with E-state index in [0.29, 0.717) is 0 Å². The number of aliphatic hydroxyl groups excluding tert-OH is 1. The number of Topliss-reactive ketones (excluding diaryl/α,β-unsaturated/α-hetero) is 1. The topological polar surface area (TPSA) is 40.5 Å². The zero-order valence-corrected chi connectivity index (χ0v) is 14.9. The third-order valence-electron chi connectivity index (χ3n) is 5.61. The maximum absolute atomic E-state index is 12.4. The molecule has 3 nitrogen and oxygen atoms in total. The number of aliphatic hydroxyl groups is 1. The van der Waals surface area contributed by atoms with Gasteiger partial charge in [0, 0.05) is 6.54 Å². The van der Waals surface area contributed by atoms with Crippen molar-refractivity contribution < 1.29 is 9.90 Å². The van der Waals surface area contributed by atoms with Gasteiger partial charge >= 0.3 is 0 Å². The lowest BCUT2D eigenvalue weighted by atomic mass is 9.70. The van der Waals surface area contributed by atoms with Gasteiger partial charge in [0.25, 0.3) is 0 Å². The molecule has 0 bridgehead atoms. The molecule has 1 fully saturated rings. The highest BCUT2D eigenvalue weighted by Crippen LogP contribution is 2.36. The summed E-state index contributed by atoms with van der Waals surface area (Å²) in [6.07, 6.45) is 2.01. The first-order valence-corrected chi connectivity index (χ1v) is 9.14. The Morgan fingerprint density at radius 3 is 2.16 bits per heavy atom. The Kier molecular flexibility index (Phi) is 5.67. The van der Waals surface area contributed by atoms with E-state index in [1.165, 1.54) is 0 Å². The van der Waals surface area contributed by atoms with Crippen LogP contribution >= 0.6 is 0 Å². The molecule has 1 heterocycles. The third-order valence-corrected chi connectivity index (χ3v) is 5.61. The quantitative estimate of drug-likeness (QED) is 0.873. The summed E-state index contributed by atoms with van der Waals surface area (Å²) in [5.74, 6) is 0.266. The number of nitrogens with zero attached hydrogens (tertiary/aromatic N) is 1. The summed E-state index contributed by atoms with van der Waals surface area (Å²) in [7, 11) is 0. The first-order valence-electron chi connectivity index (χ1n) is 9.14. The van der Waals surface area contributed by atoms with Crippen molar-refractivity contribution in [1.29, 1.82) is 0 Å². The van der Waals surface area contributed by atoms with Gasteiger partial charge in [-0.05, 0) is 50.4 Å². The first kappa shape index (κ1) is 17.8. The van der Waals surface area contributed by atoms with Gasteiger partial charge in [-0.1, -0.05) is 60.7 Å². The molecule has 25 heavy (non-hydrogen) atoms. The molecule has 0 unspecified atom stereocenters. The molecule has 0 aromatic heterocycles. The van der Waals surface area contributed by atoms with E-state index >= 15 is 0 Å². The van der Waals surface area contributed by atoms with Crippen molar-refractivity contribution >= 4 is 5.78 Å². The van der Waals surface area contributed by atoms with Crippen LogP contribution in [0, 0.1) is 0 Å². The SMILES string of the molecule is CC(=O)C1(c2ccccc2)CCN(CC[C@@H](O)c2ccccc2)CC1. The third kappa shape index (κ3) is 4.00. The summed E-state index contributed by atoms with van der Waals surface area (Å²) in [5.41, 5.74) is 1.78. The van der Waals surface area contributed by atoms with Crippen LogP contribution in [0.3, 0.4) is 0 Å². The Hall–Kier alpha value is -1.97. The van der Waals surface area contributed by atoms with E-state index in [1.807, 2.05) is 48.5 Å². The van der Waals surface area contributed by atoms with Crippen molar-refractivity contribution in [3.8, 4) is 0 Å². The van der Waals surface area contributed by atoms with Crippen molar-refractivity contribution in [3.63, 3.8) is 0 Å². The number of piperidine rings is 1. The molecule has 2 aromatic carbocycles. The monoisotopic (exact) mass is 337 g/mol. The Morgan fingerprint density at radius 1 is 1.04 bits per heavy atom. The Morgan fingerprint density at radius 2 is 1.60 bits per heavy atom. The molecule has 132 valence electrons. The highest BCUT2D eigenvalue weighted by atomic mass is 16.3. The molecule has 2 aromatic rings. The molecule has 0 saturated carbocycles. The first-order chi connectivity index (χ1) is 12.1. The predicted octanol–water partition coefficient (Wildman–Crippen LogP) is 3.73. The maximum atomic E-state index is 12.4. The van der Waals surface area contributed by atoms with E-state index in [1.54, 1.807) is 6.92 Å². The van der Waals surface area contributed by atoms with E-state index in [2.05, 4.69) is 17.0 Å². The molecular weight excluding hydrogens is 310 g/mol. The molecule has 1 aliphatic rings. The zero-order valence-electron chi connectivity index (χ0n) is 14.9. The smallest absolute Gasteiger partial charge is 0.140 e. The molecule has 1 aliphatic heterocycles. The number of carbonyl (C=O) groups is 1. The summed E-state index contributed by atoms with van der Waals surface area (Å²) >= 11 is 0. The van der Waals surface area contributed by atoms with E-state index in [-0.39, 0.29) is 11.2 Å². The lowest BCUT2D eigenvalue weighted by molar-refractivity contribution is -0.124. The summed E-state index contributed by atoms with van der Waals surface area (Å²) in [6.45, 7) is 4.38. The van der Waals surface area contributed by atoms with Crippen LogP contribution in [0.4, 0.5) is 0 Å². The second-order valence-electron chi connectivity index (χ2n) is 7.06. The maximum Gasteiger partial charge on any atom is 0.140 e. The summed E-state index contributed by atoms with van der Waals surface area (Å²) in [5, 5.41) is 10.3. The van der Waals surface area contributed by atoms with E-state index < -0.39 is 6.10 Å².